The molecule has 1 amide bonds. The molecule has 128 valence electrons. The van der Waals surface area contributed by atoms with Gasteiger partial charge in [-0.25, -0.2) is 17.5 Å². The van der Waals surface area contributed by atoms with Crippen molar-refractivity contribution in [3.63, 3.8) is 0 Å². The molecule has 2 unspecified atom stereocenters. The summed E-state index contributed by atoms with van der Waals surface area (Å²) in [5.74, 6) is -0.0260. The molecule has 1 aliphatic rings. The van der Waals surface area contributed by atoms with E-state index >= 15 is 0 Å². The highest BCUT2D eigenvalue weighted by molar-refractivity contribution is 7.89. The molecule has 0 aliphatic heterocycles. The minimum atomic E-state index is -3.71. The van der Waals surface area contributed by atoms with Crippen molar-refractivity contribution >= 4 is 15.9 Å². The number of carbonyl (C=O) groups is 1. The first-order valence-corrected chi connectivity index (χ1v) is 9.40. The number of benzene rings is 1. The number of hydrogen-bond acceptors (Lipinski definition) is 3. The average molecular weight is 342 g/mol. The van der Waals surface area contributed by atoms with Gasteiger partial charge in [0.1, 0.15) is 5.82 Å². The topological polar surface area (TPSA) is 75.3 Å². The van der Waals surface area contributed by atoms with E-state index in [9.17, 15) is 17.6 Å². The van der Waals surface area contributed by atoms with E-state index in [1.54, 1.807) is 0 Å². The van der Waals surface area contributed by atoms with Gasteiger partial charge in [-0.1, -0.05) is 19.8 Å². The number of carbonyl (C=O) groups excluding carboxylic acids is 1. The molecular formula is C16H23FN2O3S. The monoisotopic (exact) mass is 342 g/mol. The highest BCUT2D eigenvalue weighted by Gasteiger charge is 2.20. The fraction of sp³-hybridized carbons (Fsp3) is 0.562. The zero-order valence-electron chi connectivity index (χ0n) is 13.2. The molecule has 0 radical (unpaired) electrons. The molecule has 2 rings (SSSR count). The van der Waals surface area contributed by atoms with E-state index in [0.29, 0.717) is 5.92 Å². The van der Waals surface area contributed by atoms with Crippen molar-refractivity contribution in [3.05, 3.63) is 30.1 Å². The van der Waals surface area contributed by atoms with Gasteiger partial charge in [-0.05, 0) is 43.0 Å². The first kappa shape index (κ1) is 17.9. The van der Waals surface area contributed by atoms with Crippen molar-refractivity contribution in [1.29, 1.82) is 0 Å². The second-order valence-corrected chi connectivity index (χ2v) is 7.90. The standard InChI is InChI=1S/C16H23FN2O3S/c1-12-3-2-4-14(11-12)19-16(20)9-10-18-23(21,22)15-7-5-13(17)6-8-15/h5-8,12,14,18H,2-4,9-11H2,1H3,(H,19,20). The summed E-state index contributed by atoms with van der Waals surface area (Å²) in [6.45, 7) is 2.20. The predicted octanol–water partition coefficient (Wildman–Crippen LogP) is 2.19. The van der Waals surface area contributed by atoms with Crippen LogP contribution in [0.2, 0.25) is 0 Å². The Balaban J connectivity index is 1.77. The van der Waals surface area contributed by atoms with Crippen molar-refractivity contribution in [2.75, 3.05) is 6.54 Å². The number of hydrogen-bond donors (Lipinski definition) is 2. The zero-order chi connectivity index (χ0) is 16.9. The van der Waals surface area contributed by atoms with Gasteiger partial charge < -0.3 is 5.32 Å². The molecule has 0 saturated heterocycles. The lowest BCUT2D eigenvalue weighted by molar-refractivity contribution is -0.121. The molecule has 2 atom stereocenters. The Labute approximate surface area is 136 Å². The summed E-state index contributed by atoms with van der Waals surface area (Å²) < 4.78 is 39.2. The van der Waals surface area contributed by atoms with Crippen LogP contribution in [0, 0.1) is 11.7 Å². The van der Waals surface area contributed by atoms with Crippen molar-refractivity contribution < 1.29 is 17.6 Å². The van der Waals surface area contributed by atoms with Crippen molar-refractivity contribution in [3.8, 4) is 0 Å². The molecule has 2 N–H and O–H groups in total. The van der Waals surface area contributed by atoms with Crippen molar-refractivity contribution in [2.45, 2.75) is 50.0 Å². The quantitative estimate of drug-likeness (QED) is 0.832. The Morgan fingerprint density at radius 3 is 2.61 bits per heavy atom. The van der Waals surface area contributed by atoms with Crippen LogP contribution in [-0.2, 0) is 14.8 Å². The first-order valence-electron chi connectivity index (χ1n) is 7.91. The summed E-state index contributed by atoms with van der Waals surface area (Å²) in [7, 11) is -3.71. The van der Waals surface area contributed by atoms with Gasteiger partial charge in [0.25, 0.3) is 0 Å². The lowest BCUT2D eigenvalue weighted by atomic mass is 9.87. The van der Waals surface area contributed by atoms with Crippen LogP contribution in [0.15, 0.2) is 29.2 Å². The number of rotatable bonds is 6. The Morgan fingerprint density at radius 1 is 1.26 bits per heavy atom. The third-order valence-corrected chi connectivity index (χ3v) is 5.55. The normalized spacial score (nSPS) is 21.8. The van der Waals surface area contributed by atoms with Crippen LogP contribution in [-0.4, -0.2) is 26.9 Å². The molecule has 23 heavy (non-hydrogen) atoms. The average Bonchev–Trinajstić information content (AvgIpc) is 2.47. The van der Waals surface area contributed by atoms with Gasteiger partial charge in [0.05, 0.1) is 4.90 Å². The smallest absolute Gasteiger partial charge is 0.240 e. The maximum Gasteiger partial charge on any atom is 0.240 e. The molecule has 0 spiro atoms. The van der Waals surface area contributed by atoms with Crippen LogP contribution >= 0.6 is 0 Å². The maximum absolute atomic E-state index is 12.8. The number of nitrogens with one attached hydrogen (secondary N) is 2. The van der Waals surface area contributed by atoms with Crippen molar-refractivity contribution in [2.24, 2.45) is 5.92 Å². The summed E-state index contributed by atoms with van der Waals surface area (Å²) >= 11 is 0. The number of sulfonamides is 1. The molecule has 1 aromatic rings. The van der Waals surface area contributed by atoms with E-state index < -0.39 is 15.8 Å². The number of halogens is 1. The second kappa shape index (κ2) is 7.88. The summed E-state index contributed by atoms with van der Waals surface area (Å²) in [4.78, 5) is 11.9. The van der Waals surface area contributed by atoms with Gasteiger partial charge in [0.2, 0.25) is 15.9 Å². The van der Waals surface area contributed by atoms with Gasteiger partial charge in [-0.3, -0.25) is 4.79 Å². The molecule has 0 bridgehead atoms. The summed E-state index contributed by atoms with van der Waals surface area (Å²) in [5.41, 5.74) is 0. The highest BCUT2D eigenvalue weighted by Crippen LogP contribution is 2.23. The van der Waals surface area contributed by atoms with Crippen LogP contribution in [0.5, 0.6) is 0 Å². The van der Waals surface area contributed by atoms with Gasteiger partial charge >= 0.3 is 0 Å². The van der Waals surface area contributed by atoms with Gasteiger partial charge in [0, 0.05) is 19.0 Å². The molecule has 0 heterocycles. The van der Waals surface area contributed by atoms with Crippen molar-refractivity contribution in [1.82, 2.24) is 10.0 Å². The van der Waals surface area contributed by atoms with E-state index in [0.717, 1.165) is 31.4 Å². The van der Waals surface area contributed by atoms with Gasteiger partial charge in [0.15, 0.2) is 0 Å². The third-order valence-electron chi connectivity index (χ3n) is 4.07. The lowest BCUT2D eigenvalue weighted by Gasteiger charge is -2.27. The Hall–Kier alpha value is -1.47. The zero-order valence-corrected chi connectivity index (χ0v) is 14.0. The molecule has 0 aromatic heterocycles. The van der Waals surface area contributed by atoms with Crippen LogP contribution < -0.4 is 10.0 Å². The van der Waals surface area contributed by atoms with Crippen LogP contribution in [0.4, 0.5) is 4.39 Å². The van der Waals surface area contributed by atoms with Crippen LogP contribution in [0.1, 0.15) is 39.0 Å². The fourth-order valence-electron chi connectivity index (χ4n) is 2.86. The number of amides is 1. The second-order valence-electron chi connectivity index (χ2n) is 6.14. The Kier molecular flexibility index (Phi) is 6.12. The Bertz CT molecular complexity index is 631. The molecule has 1 fully saturated rings. The van der Waals surface area contributed by atoms with E-state index in [1.165, 1.54) is 18.6 Å². The summed E-state index contributed by atoms with van der Waals surface area (Å²) in [6, 6.07) is 4.76. The van der Waals surface area contributed by atoms with E-state index in [1.807, 2.05) is 0 Å². The summed E-state index contributed by atoms with van der Waals surface area (Å²) in [5, 5.41) is 2.96. The van der Waals surface area contributed by atoms with E-state index in [2.05, 4.69) is 17.0 Å². The molecule has 5 nitrogen and oxygen atoms in total. The fourth-order valence-corrected chi connectivity index (χ4v) is 3.89. The lowest BCUT2D eigenvalue weighted by Crippen LogP contribution is -2.39. The van der Waals surface area contributed by atoms with Crippen LogP contribution in [0.3, 0.4) is 0 Å². The molecule has 7 heteroatoms. The molecule has 1 saturated carbocycles. The SMILES string of the molecule is CC1CCCC(NC(=O)CCNS(=O)(=O)c2ccc(F)cc2)C1. The Morgan fingerprint density at radius 2 is 1.96 bits per heavy atom. The van der Waals surface area contributed by atoms with Gasteiger partial charge in [-0.2, -0.15) is 0 Å². The summed E-state index contributed by atoms with van der Waals surface area (Å²) in [6.07, 6.45) is 4.36. The molecule has 1 aromatic carbocycles. The highest BCUT2D eigenvalue weighted by atomic mass is 32.2. The predicted molar refractivity (Wildman–Crippen MR) is 85.8 cm³/mol. The first-order chi connectivity index (χ1) is 10.9. The minimum absolute atomic E-state index is 0.0135. The third kappa shape index (κ3) is 5.58. The van der Waals surface area contributed by atoms with Gasteiger partial charge in [-0.15, -0.1) is 0 Å². The largest absolute Gasteiger partial charge is 0.353 e. The van der Waals surface area contributed by atoms with Crippen LogP contribution in [0.25, 0.3) is 0 Å². The molecular weight excluding hydrogens is 319 g/mol. The maximum atomic E-state index is 12.8. The minimum Gasteiger partial charge on any atom is -0.353 e. The van der Waals surface area contributed by atoms with E-state index in [4.69, 9.17) is 0 Å². The molecule has 1 aliphatic carbocycles. The van der Waals surface area contributed by atoms with E-state index in [-0.39, 0.29) is 29.8 Å².